The van der Waals surface area contributed by atoms with Crippen LogP contribution in [0, 0.1) is 7.14 Å². The Kier molecular flexibility index (Phi) is 10.4. The van der Waals surface area contributed by atoms with Gasteiger partial charge in [-0.25, -0.2) is 0 Å². The molecule has 0 saturated carbocycles. The van der Waals surface area contributed by atoms with Gasteiger partial charge in [0, 0.05) is 20.4 Å². The number of aliphatic hydroxyl groups is 2. The molecule has 0 aliphatic carbocycles. The third-order valence-corrected chi connectivity index (χ3v) is 5.43. The van der Waals surface area contributed by atoms with E-state index in [1.807, 2.05) is 0 Å². The fraction of sp³-hybridized carbons (Fsp3) is 0.625. The molecule has 0 saturated heterocycles. The number of aliphatic hydroxyl groups excluding tert-OH is 2. The van der Waals surface area contributed by atoms with Gasteiger partial charge in [-0.1, -0.05) is 12.8 Å². The molecule has 1 aromatic rings. The number of rotatable bonds is 10. The van der Waals surface area contributed by atoms with Crippen molar-refractivity contribution < 1.29 is 10.2 Å². The van der Waals surface area contributed by atoms with Crippen LogP contribution in [0.3, 0.4) is 0 Å². The molecule has 0 heterocycles. The Morgan fingerprint density at radius 3 is 1.40 bits per heavy atom. The molecule has 0 fully saturated rings. The fourth-order valence-electron chi connectivity index (χ4n) is 2.22. The van der Waals surface area contributed by atoms with Gasteiger partial charge in [0.2, 0.25) is 0 Å². The average Bonchev–Trinajstić information content (AvgIpc) is 2.44. The standard InChI is InChI=1S/C16H24I2O2/c17-15-12-14(8-4-2-6-10-20)16(18)11-13(15)7-3-1-5-9-19/h11-12,19-20H,1-10H2. The zero-order valence-corrected chi connectivity index (χ0v) is 16.2. The molecule has 2 nitrogen and oxygen atoms in total. The highest BCUT2D eigenvalue weighted by molar-refractivity contribution is 14.1. The van der Waals surface area contributed by atoms with E-state index in [0.29, 0.717) is 13.2 Å². The van der Waals surface area contributed by atoms with Crippen LogP contribution in [-0.4, -0.2) is 23.4 Å². The predicted octanol–water partition coefficient (Wildman–Crippen LogP) is 4.31. The summed E-state index contributed by atoms with van der Waals surface area (Å²) in [6, 6.07) is 4.64. The topological polar surface area (TPSA) is 40.5 Å². The quantitative estimate of drug-likeness (QED) is 0.370. The number of hydrogen-bond acceptors (Lipinski definition) is 2. The lowest BCUT2D eigenvalue weighted by atomic mass is 10.0. The summed E-state index contributed by atoms with van der Waals surface area (Å²) < 4.78 is 2.73. The molecule has 0 aromatic heterocycles. The van der Waals surface area contributed by atoms with Crippen LogP contribution in [0.25, 0.3) is 0 Å². The maximum Gasteiger partial charge on any atom is 0.0431 e. The Labute approximate surface area is 149 Å². The third kappa shape index (κ3) is 7.04. The molecule has 0 radical (unpaired) electrons. The summed E-state index contributed by atoms with van der Waals surface area (Å²) in [6.45, 7) is 0.614. The van der Waals surface area contributed by atoms with Gasteiger partial charge >= 0.3 is 0 Å². The fourth-order valence-corrected chi connectivity index (χ4v) is 3.82. The van der Waals surface area contributed by atoms with Crippen LogP contribution in [0.1, 0.15) is 49.7 Å². The summed E-state index contributed by atoms with van der Waals surface area (Å²) >= 11 is 4.88. The maximum atomic E-state index is 8.80. The minimum Gasteiger partial charge on any atom is -0.396 e. The highest BCUT2D eigenvalue weighted by Crippen LogP contribution is 2.24. The van der Waals surface area contributed by atoms with E-state index in [0.717, 1.165) is 51.4 Å². The monoisotopic (exact) mass is 502 g/mol. The number of benzene rings is 1. The zero-order valence-electron chi connectivity index (χ0n) is 11.9. The van der Waals surface area contributed by atoms with Crippen LogP contribution in [0.4, 0.5) is 0 Å². The summed E-state index contributed by atoms with van der Waals surface area (Å²) in [4.78, 5) is 0. The van der Waals surface area contributed by atoms with E-state index in [1.54, 1.807) is 0 Å². The second-order valence-electron chi connectivity index (χ2n) is 5.10. The van der Waals surface area contributed by atoms with Crippen LogP contribution in [0.5, 0.6) is 0 Å². The van der Waals surface area contributed by atoms with Crippen LogP contribution < -0.4 is 0 Å². The lowest BCUT2D eigenvalue weighted by Gasteiger charge is -2.10. The molecule has 114 valence electrons. The molecule has 4 heteroatoms. The van der Waals surface area contributed by atoms with E-state index < -0.39 is 0 Å². The number of hydrogen-bond donors (Lipinski definition) is 2. The summed E-state index contributed by atoms with van der Waals surface area (Å²) in [7, 11) is 0. The Bertz CT molecular complexity index is 357. The van der Waals surface area contributed by atoms with E-state index in [4.69, 9.17) is 10.2 Å². The van der Waals surface area contributed by atoms with Crippen molar-refractivity contribution in [1.82, 2.24) is 0 Å². The van der Waals surface area contributed by atoms with Gasteiger partial charge < -0.3 is 10.2 Å². The highest BCUT2D eigenvalue weighted by Gasteiger charge is 2.06. The number of halogens is 2. The van der Waals surface area contributed by atoms with Gasteiger partial charge in [0.05, 0.1) is 0 Å². The minimum absolute atomic E-state index is 0.307. The second kappa shape index (κ2) is 11.2. The molecular weight excluding hydrogens is 478 g/mol. The SMILES string of the molecule is OCCCCCc1cc(I)c(CCCCCO)cc1I. The van der Waals surface area contributed by atoms with Crippen molar-refractivity contribution >= 4 is 45.2 Å². The Morgan fingerprint density at radius 1 is 0.650 bits per heavy atom. The van der Waals surface area contributed by atoms with Gasteiger partial charge in [-0.05, 0) is 107 Å². The zero-order chi connectivity index (χ0) is 14.8. The molecule has 0 unspecified atom stereocenters. The molecule has 1 aromatic carbocycles. The van der Waals surface area contributed by atoms with E-state index in [2.05, 4.69) is 57.3 Å². The third-order valence-electron chi connectivity index (χ3n) is 3.42. The van der Waals surface area contributed by atoms with E-state index >= 15 is 0 Å². The largest absolute Gasteiger partial charge is 0.396 e. The van der Waals surface area contributed by atoms with Crippen molar-refractivity contribution in [2.24, 2.45) is 0 Å². The van der Waals surface area contributed by atoms with Crippen molar-refractivity contribution in [3.63, 3.8) is 0 Å². The molecule has 1 rings (SSSR count). The molecule has 2 N–H and O–H groups in total. The molecular formula is C16H24I2O2. The second-order valence-corrected chi connectivity index (χ2v) is 7.43. The number of aryl methyl sites for hydroxylation is 2. The van der Waals surface area contributed by atoms with Crippen molar-refractivity contribution in [3.05, 3.63) is 30.4 Å². The van der Waals surface area contributed by atoms with Crippen LogP contribution in [0.2, 0.25) is 0 Å². The van der Waals surface area contributed by atoms with Gasteiger partial charge in [-0.15, -0.1) is 0 Å². The summed E-state index contributed by atoms with van der Waals surface area (Å²) in [6.07, 6.45) is 8.56. The molecule has 0 aliphatic heterocycles. The van der Waals surface area contributed by atoms with Crippen LogP contribution in [-0.2, 0) is 12.8 Å². The van der Waals surface area contributed by atoms with E-state index in [9.17, 15) is 0 Å². The predicted molar refractivity (Wildman–Crippen MR) is 101 cm³/mol. The Balaban J connectivity index is 2.52. The van der Waals surface area contributed by atoms with Crippen molar-refractivity contribution in [2.75, 3.05) is 13.2 Å². The van der Waals surface area contributed by atoms with Crippen LogP contribution >= 0.6 is 45.2 Å². The first-order chi connectivity index (χ1) is 9.69. The number of unbranched alkanes of at least 4 members (excludes halogenated alkanes) is 4. The van der Waals surface area contributed by atoms with Gasteiger partial charge in [-0.3, -0.25) is 0 Å². The summed E-state index contributed by atoms with van der Waals surface area (Å²) in [5.74, 6) is 0. The smallest absolute Gasteiger partial charge is 0.0431 e. The Hall–Kier alpha value is 0.600. The van der Waals surface area contributed by atoms with Gasteiger partial charge in [0.25, 0.3) is 0 Å². The van der Waals surface area contributed by atoms with Crippen LogP contribution in [0.15, 0.2) is 12.1 Å². The van der Waals surface area contributed by atoms with Crippen molar-refractivity contribution in [1.29, 1.82) is 0 Å². The normalized spacial score (nSPS) is 11.0. The van der Waals surface area contributed by atoms with Gasteiger partial charge in [0.1, 0.15) is 0 Å². The first kappa shape index (κ1) is 18.6. The van der Waals surface area contributed by atoms with Crippen molar-refractivity contribution in [3.8, 4) is 0 Å². The summed E-state index contributed by atoms with van der Waals surface area (Å²) in [5.41, 5.74) is 2.87. The molecule has 0 spiro atoms. The van der Waals surface area contributed by atoms with E-state index in [1.165, 1.54) is 18.3 Å². The minimum atomic E-state index is 0.307. The molecule has 0 amide bonds. The van der Waals surface area contributed by atoms with E-state index in [-0.39, 0.29) is 0 Å². The molecule has 0 aliphatic rings. The first-order valence-corrected chi connectivity index (χ1v) is 9.53. The van der Waals surface area contributed by atoms with Crippen molar-refractivity contribution in [2.45, 2.75) is 51.4 Å². The maximum absolute atomic E-state index is 8.80. The molecule has 20 heavy (non-hydrogen) atoms. The first-order valence-electron chi connectivity index (χ1n) is 7.37. The van der Waals surface area contributed by atoms with Gasteiger partial charge in [0.15, 0.2) is 0 Å². The van der Waals surface area contributed by atoms with Gasteiger partial charge in [-0.2, -0.15) is 0 Å². The highest BCUT2D eigenvalue weighted by atomic mass is 127. The lowest BCUT2D eigenvalue weighted by Crippen LogP contribution is -1.98. The molecule has 0 bridgehead atoms. The Morgan fingerprint density at radius 2 is 1.05 bits per heavy atom. The molecule has 0 atom stereocenters. The summed E-state index contributed by atoms with van der Waals surface area (Å²) in [5, 5.41) is 17.6. The average molecular weight is 502 g/mol. The lowest BCUT2D eigenvalue weighted by molar-refractivity contribution is 0.283.